The summed E-state index contributed by atoms with van der Waals surface area (Å²) in [4.78, 5) is 11.6. The van der Waals surface area contributed by atoms with Crippen molar-refractivity contribution in [3.05, 3.63) is 59.9 Å². The van der Waals surface area contributed by atoms with Crippen molar-refractivity contribution in [3.63, 3.8) is 0 Å². The minimum Gasteiger partial charge on any atom is -0.425 e. The number of benzene rings is 1. The lowest BCUT2D eigenvalue weighted by Crippen LogP contribution is -2.17. The van der Waals surface area contributed by atoms with E-state index < -0.39 is 10.0 Å². The van der Waals surface area contributed by atoms with Gasteiger partial charge in [0.2, 0.25) is 0 Å². The maximum Gasteiger partial charge on any atom is 0.311 e. The summed E-state index contributed by atoms with van der Waals surface area (Å²) in [6, 6.07) is 9.86. The van der Waals surface area contributed by atoms with Crippen LogP contribution in [-0.4, -0.2) is 18.4 Å². The average Bonchev–Trinajstić information content (AvgIpc) is 2.98. The molecule has 2 heterocycles. The zero-order valence-corrected chi connectivity index (χ0v) is 12.8. The second kappa shape index (κ2) is 5.46. The molecule has 0 fully saturated rings. The average molecular weight is 317 g/mol. The van der Waals surface area contributed by atoms with Crippen LogP contribution >= 0.6 is 0 Å². The molecule has 2 aromatic rings. The van der Waals surface area contributed by atoms with E-state index in [0.717, 1.165) is 9.54 Å². The maximum absolute atomic E-state index is 12.7. The van der Waals surface area contributed by atoms with Crippen molar-refractivity contribution >= 4 is 21.8 Å². The molecule has 1 aliphatic heterocycles. The fourth-order valence-corrected chi connectivity index (χ4v) is 3.63. The molecule has 0 amide bonds. The number of aromatic nitrogens is 1. The first-order valence-corrected chi connectivity index (χ1v) is 8.33. The highest BCUT2D eigenvalue weighted by molar-refractivity contribution is 7.90. The first-order valence-electron chi connectivity index (χ1n) is 6.89. The number of ether oxygens (including phenoxy) is 1. The zero-order valence-electron chi connectivity index (χ0n) is 12.0. The van der Waals surface area contributed by atoms with E-state index in [-0.39, 0.29) is 16.6 Å². The van der Waals surface area contributed by atoms with Gasteiger partial charge < -0.3 is 4.74 Å². The van der Waals surface area contributed by atoms with Gasteiger partial charge in [0.15, 0.2) is 5.76 Å². The number of hydrogen-bond acceptors (Lipinski definition) is 4. The fourth-order valence-electron chi connectivity index (χ4n) is 2.28. The molecule has 1 aromatic carbocycles. The molecule has 1 aliphatic rings. The van der Waals surface area contributed by atoms with Gasteiger partial charge in [0.1, 0.15) is 0 Å². The first kappa shape index (κ1) is 14.6. The molecule has 1 aromatic heterocycles. The van der Waals surface area contributed by atoms with Crippen LogP contribution in [0.15, 0.2) is 53.6 Å². The van der Waals surface area contributed by atoms with E-state index in [9.17, 15) is 13.2 Å². The van der Waals surface area contributed by atoms with Crippen LogP contribution in [0.25, 0.3) is 5.76 Å². The van der Waals surface area contributed by atoms with Crippen LogP contribution < -0.4 is 0 Å². The Bertz CT molecular complexity index is 845. The summed E-state index contributed by atoms with van der Waals surface area (Å²) in [5.74, 6) is -0.0603. The molecule has 22 heavy (non-hydrogen) atoms. The second-order valence-electron chi connectivity index (χ2n) is 5.09. The van der Waals surface area contributed by atoms with Gasteiger partial charge in [0.05, 0.1) is 10.6 Å². The van der Waals surface area contributed by atoms with Gasteiger partial charge in [-0.25, -0.2) is 12.4 Å². The van der Waals surface area contributed by atoms with Gasteiger partial charge in [0, 0.05) is 12.6 Å². The Morgan fingerprint density at radius 3 is 2.55 bits per heavy atom. The number of esters is 1. The van der Waals surface area contributed by atoms with Gasteiger partial charge in [-0.2, -0.15) is 0 Å². The van der Waals surface area contributed by atoms with Gasteiger partial charge >= 0.3 is 5.97 Å². The second-order valence-corrected chi connectivity index (χ2v) is 6.90. The number of aryl methyl sites for hydroxylation is 1. The van der Waals surface area contributed by atoms with Gasteiger partial charge in [-0.15, -0.1) is 0 Å². The number of cyclic esters (lactones) is 1. The molecule has 0 N–H and O–H groups in total. The third-order valence-corrected chi connectivity index (χ3v) is 5.15. The van der Waals surface area contributed by atoms with Crippen LogP contribution in [0.3, 0.4) is 0 Å². The quantitative estimate of drug-likeness (QED) is 0.816. The van der Waals surface area contributed by atoms with Crippen LogP contribution in [0.4, 0.5) is 0 Å². The summed E-state index contributed by atoms with van der Waals surface area (Å²) in [5, 5.41) is 0. The summed E-state index contributed by atoms with van der Waals surface area (Å²) in [7, 11) is -3.73. The van der Waals surface area contributed by atoms with Crippen molar-refractivity contribution in [1.29, 1.82) is 0 Å². The Hall–Kier alpha value is -2.34. The summed E-state index contributed by atoms with van der Waals surface area (Å²) >= 11 is 0. The van der Waals surface area contributed by atoms with Crippen molar-refractivity contribution in [2.45, 2.75) is 24.7 Å². The molecule has 0 unspecified atom stereocenters. The van der Waals surface area contributed by atoms with Gasteiger partial charge in [-0.05, 0) is 43.7 Å². The Balaban J connectivity index is 2.06. The van der Waals surface area contributed by atoms with Crippen LogP contribution in [0.2, 0.25) is 0 Å². The summed E-state index contributed by atoms with van der Waals surface area (Å²) in [6.07, 6.45) is 4.05. The molecule has 5 nitrogen and oxygen atoms in total. The van der Waals surface area contributed by atoms with Crippen LogP contribution in [0, 0.1) is 6.92 Å². The molecule has 0 saturated heterocycles. The van der Waals surface area contributed by atoms with Gasteiger partial charge in [0.25, 0.3) is 10.0 Å². The van der Waals surface area contributed by atoms with E-state index in [0.29, 0.717) is 18.5 Å². The SMILES string of the molecule is Cc1ccc(S(=O)(=O)n2cccc2C2=CCCC(=O)O2)cc1. The van der Waals surface area contributed by atoms with Gasteiger partial charge in [-0.1, -0.05) is 17.7 Å². The molecule has 0 bridgehead atoms. The van der Waals surface area contributed by atoms with Crippen molar-refractivity contribution in [2.75, 3.05) is 0 Å². The normalized spacial score (nSPS) is 15.3. The van der Waals surface area contributed by atoms with Crippen molar-refractivity contribution in [2.24, 2.45) is 0 Å². The minimum atomic E-state index is -3.73. The predicted molar refractivity (Wildman–Crippen MR) is 81.5 cm³/mol. The highest BCUT2D eigenvalue weighted by Crippen LogP contribution is 2.26. The smallest absolute Gasteiger partial charge is 0.311 e. The van der Waals surface area contributed by atoms with Crippen molar-refractivity contribution in [3.8, 4) is 0 Å². The molecule has 0 atom stereocenters. The van der Waals surface area contributed by atoms with Crippen molar-refractivity contribution < 1.29 is 17.9 Å². The lowest BCUT2D eigenvalue weighted by Gasteiger charge is -2.16. The lowest BCUT2D eigenvalue weighted by molar-refractivity contribution is -0.137. The molecule has 0 saturated carbocycles. The topological polar surface area (TPSA) is 65.4 Å². The highest BCUT2D eigenvalue weighted by Gasteiger charge is 2.24. The minimum absolute atomic E-state index is 0.193. The largest absolute Gasteiger partial charge is 0.425 e. The molecule has 114 valence electrons. The molecule has 3 rings (SSSR count). The van der Waals surface area contributed by atoms with Crippen LogP contribution in [0.1, 0.15) is 24.1 Å². The lowest BCUT2D eigenvalue weighted by atomic mass is 10.2. The summed E-state index contributed by atoms with van der Waals surface area (Å²) in [5.41, 5.74) is 1.34. The van der Waals surface area contributed by atoms with E-state index in [1.165, 1.54) is 6.20 Å². The third-order valence-electron chi connectivity index (χ3n) is 3.45. The Morgan fingerprint density at radius 1 is 1.14 bits per heavy atom. The Labute approximate surface area is 128 Å². The molecule has 0 spiro atoms. The third kappa shape index (κ3) is 2.57. The zero-order chi connectivity index (χ0) is 15.7. The molecule has 0 radical (unpaired) electrons. The Morgan fingerprint density at radius 2 is 1.86 bits per heavy atom. The van der Waals surface area contributed by atoms with Crippen LogP contribution in [0.5, 0.6) is 0 Å². The van der Waals surface area contributed by atoms with Crippen molar-refractivity contribution in [1.82, 2.24) is 3.97 Å². The molecular weight excluding hydrogens is 302 g/mol. The summed E-state index contributed by atoms with van der Waals surface area (Å²) < 4.78 is 31.8. The predicted octanol–water partition coefficient (Wildman–Crippen LogP) is 2.71. The monoisotopic (exact) mass is 317 g/mol. The van der Waals surface area contributed by atoms with Crippen LogP contribution in [-0.2, 0) is 19.6 Å². The number of carbonyl (C=O) groups excluding carboxylic acids is 1. The number of hydrogen-bond donors (Lipinski definition) is 0. The molecule has 6 heteroatoms. The molecular formula is C16H15NO4S. The van der Waals surface area contributed by atoms with E-state index in [1.54, 1.807) is 42.5 Å². The first-order chi connectivity index (χ1) is 10.5. The number of allylic oxidation sites excluding steroid dienone is 1. The highest BCUT2D eigenvalue weighted by atomic mass is 32.2. The van der Waals surface area contributed by atoms with E-state index in [2.05, 4.69) is 0 Å². The van der Waals surface area contributed by atoms with E-state index >= 15 is 0 Å². The number of nitrogens with zero attached hydrogens (tertiary/aromatic N) is 1. The number of rotatable bonds is 3. The van der Waals surface area contributed by atoms with E-state index in [4.69, 9.17) is 4.74 Å². The summed E-state index contributed by atoms with van der Waals surface area (Å²) in [6.45, 7) is 1.89. The number of carbonyl (C=O) groups is 1. The maximum atomic E-state index is 12.7. The Kier molecular flexibility index (Phi) is 3.62. The fraction of sp³-hybridized carbons (Fsp3) is 0.188. The van der Waals surface area contributed by atoms with Gasteiger partial charge in [-0.3, -0.25) is 4.79 Å². The molecule has 0 aliphatic carbocycles. The standard InChI is InChI=1S/C16H15NO4S/c1-12-7-9-13(10-8-12)22(19,20)17-11-3-4-14(17)15-5-2-6-16(18)21-15/h3-5,7-11H,2,6H2,1H3. The van der Waals surface area contributed by atoms with E-state index in [1.807, 2.05) is 6.92 Å².